The molecule has 0 atom stereocenters. The zero-order valence-corrected chi connectivity index (χ0v) is 12.2. The van der Waals surface area contributed by atoms with E-state index >= 15 is 0 Å². The minimum Gasteiger partial charge on any atom is -0.352 e. The first-order valence-electron chi connectivity index (χ1n) is 6.21. The highest BCUT2D eigenvalue weighted by molar-refractivity contribution is 8.13. The molecule has 0 unspecified atom stereocenters. The van der Waals surface area contributed by atoms with Crippen LogP contribution in [0, 0.1) is 12.8 Å². The SMILES string of the molecule is Cc1ccc(S(=O)(=O)Cl)c(C(=O)NCC2CCC2)c1. The summed E-state index contributed by atoms with van der Waals surface area (Å²) in [6, 6.07) is 4.54. The number of nitrogens with one attached hydrogen (secondary N) is 1. The molecule has 1 N–H and O–H groups in total. The average Bonchev–Trinajstić information content (AvgIpc) is 2.24. The maximum absolute atomic E-state index is 12.1. The van der Waals surface area contributed by atoms with Crippen molar-refractivity contribution in [3.8, 4) is 0 Å². The molecule has 0 saturated heterocycles. The Morgan fingerprint density at radius 3 is 2.63 bits per heavy atom. The molecular weight excluding hydrogens is 286 g/mol. The monoisotopic (exact) mass is 301 g/mol. The number of carbonyl (C=O) groups excluding carboxylic acids is 1. The smallest absolute Gasteiger partial charge is 0.262 e. The second-order valence-electron chi connectivity index (χ2n) is 4.94. The number of rotatable bonds is 4. The summed E-state index contributed by atoms with van der Waals surface area (Å²) >= 11 is 0. The van der Waals surface area contributed by atoms with Crippen molar-refractivity contribution in [3.05, 3.63) is 29.3 Å². The molecule has 0 heterocycles. The number of aryl methyl sites for hydroxylation is 1. The van der Waals surface area contributed by atoms with Gasteiger partial charge in [0.2, 0.25) is 0 Å². The van der Waals surface area contributed by atoms with Gasteiger partial charge in [-0.05, 0) is 37.8 Å². The molecule has 2 rings (SSSR count). The Labute approximate surface area is 117 Å². The Morgan fingerprint density at radius 1 is 1.42 bits per heavy atom. The number of halogens is 1. The van der Waals surface area contributed by atoms with E-state index in [1.54, 1.807) is 19.1 Å². The maximum atomic E-state index is 12.1. The van der Waals surface area contributed by atoms with Gasteiger partial charge >= 0.3 is 0 Å². The van der Waals surface area contributed by atoms with E-state index in [2.05, 4.69) is 5.32 Å². The molecule has 0 aliphatic heterocycles. The van der Waals surface area contributed by atoms with Crippen LogP contribution in [0.3, 0.4) is 0 Å². The summed E-state index contributed by atoms with van der Waals surface area (Å²) in [4.78, 5) is 11.9. The molecule has 1 aromatic rings. The Balaban J connectivity index is 2.21. The minimum atomic E-state index is -3.91. The van der Waals surface area contributed by atoms with Gasteiger partial charge < -0.3 is 5.32 Å². The number of amides is 1. The maximum Gasteiger partial charge on any atom is 0.262 e. The predicted octanol–water partition coefficient (Wildman–Crippen LogP) is 2.45. The highest BCUT2D eigenvalue weighted by atomic mass is 35.7. The van der Waals surface area contributed by atoms with Crippen molar-refractivity contribution in [3.63, 3.8) is 0 Å². The van der Waals surface area contributed by atoms with E-state index in [4.69, 9.17) is 10.7 Å². The molecule has 1 aliphatic carbocycles. The molecule has 0 aromatic heterocycles. The van der Waals surface area contributed by atoms with E-state index in [1.807, 2.05) is 0 Å². The van der Waals surface area contributed by atoms with Crippen molar-refractivity contribution in [2.75, 3.05) is 6.54 Å². The van der Waals surface area contributed by atoms with Crippen LogP contribution in [0.1, 0.15) is 35.2 Å². The third kappa shape index (κ3) is 3.48. The van der Waals surface area contributed by atoms with Gasteiger partial charge in [-0.2, -0.15) is 0 Å². The molecule has 1 saturated carbocycles. The van der Waals surface area contributed by atoms with Crippen LogP contribution in [0.5, 0.6) is 0 Å². The number of hydrogen-bond acceptors (Lipinski definition) is 3. The van der Waals surface area contributed by atoms with Gasteiger partial charge in [0.15, 0.2) is 0 Å². The van der Waals surface area contributed by atoms with Gasteiger partial charge in [-0.1, -0.05) is 18.1 Å². The van der Waals surface area contributed by atoms with Crippen LogP contribution in [-0.2, 0) is 9.05 Å². The number of hydrogen-bond donors (Lipinski definition) is 1. The second-order valence-corrected chi connectivity index (χ2v) is 7.48. The first-order valence-corrected chi connectivity index (χ1v) is 8.52. The fourth-order valence-electron chi connectivity index (χ4n) is 2.06. The van der Waals surface area contributed by atoms with Crippen molar-refractivity contribution < 1.29 is 13.2 Å². The van der Waals surface area contributed by atoms with Crippen LogP contribution in [-0.4, -0.2) is 20.9 Å². The van der Waals surface area contributed by atoms with Gasteiger partial charge in [-0.15, -0.1) is 0 Å². The van der Waals surface area contributed by atoms with Crippen LogP contribution in [0.25, 0.3) is 0 Å². The third-order valence-corrected chi connectivity index (χ3v) is 4.80. The zero-order valence-electron chi connectivity index (χ0n) is 10.6. The minimum absolute atomic E-state index is 0.120. The molecule has 1 aromatic carbocycles. The Morgan fingerprint density at radius 2 is 2.11 bits per heavy atom. The number of carbonyl (C=O) groups is 1. The quantitative estimate of drug-likeness (QED) is 0.869. The summed E-state index contributed by atoms with van der Waals surface area (Å²) in [5.41, 5.74) is 0.937. The third-order valence-electron chi connectivity index (χ3n) is 3.42. The van der Waals surface area contributed by atoms with Crippen molar-refractivity contribution in [2.45, 2.75) is 31.1 Å². The highest BCUT2D eigenvalue weighted by Crippen LogP contribution is 2.26. The standard InChI is InChI=1S/C13H16ClNO3S/c1-9-5-6-12(19(14,17)18)11(7-9)13(16)15-8-10-3-2-4-10/h5-7,10H,2-4,8H2,1H3,(H,15,16). The Kier molecular flexibility index (Phi) is 4.16. The Bertz CT molecular complexity index is 594. The lowest BCUT2D eigenvalue weighted by Gasteiger charge is -2.25. The largest absolute Gasteiger partial charge is 0.352 e. The topological polar surface area (TPSA) is 63.2 Å². The van der Waals surface area contributed by atoms with E-state index in [0.29, 0.717) is 12.5 Å². The normalized spacial score (nSPS) is 15.9. The van der Waals surface area contributed by atoms with Gasteiger partial charge in [0.05, 0.1) is 10.5 Å². The summed E-state index contributed by atoms with van der Waals surface area (Å²) in [5, 5.41) is 2.78. The lowest BCUT2D eigenvalue weighted by Crippen LogP contribution is -2.32. The summed E-state index contributed by atoms with van der Waals surface area (Å²) in [5.74, 6) is 0.139. The lowest BCUT2D eigenvalue weighted by atomic mass is 9.85. The average molecular weight is 302 g/mol. The number of benzene rings is 1. The van der Waals surface area contributed by atoms with Crippen LogP contribution in [0.2, 0.25) is 0 Å². The molecule has 6 heteroatoms. The van der Waals surface area contributed by atoms with Gasteiger partial charge in [0.25, 0.3) is 15.0 Å². The predicted molar refractivity (Wildman–Crippen MR) is 73.9 cm³/mol. The molecule has 4 nitrogen and oxygen atoms in total. The van der Waals surface area contributed by atoms with E-state index < -0.39 is 9.05 Å². The van der Waals surface area contributed by atoms with E-state index in [-0.39, 0.29) is 16.4 Å². The van der Waals surface area contributed by atoms with Crippen LogP contribution < -0.4 is 5.32 Å². The van der Waals surface area contributed by atoms with E-state index in [9.17, 15) is 13.2 Å². The van der Waals surface area contributed by atoms with Crippen molar-refractivity contribution in [1.29, 1.82) is 0 Å². The molecule has 0 spiro atoms. The summed E-state index contributed by atoms with van der Waals surface area (Å²) < 4.78 is 22.9. The summed E-state index contributed by atoms with van der Waals surface area (Å²) in [6.45, 7) is 2.39. The zero-order chi connectivity index (χ0) is 14.0. The highest BCUT2D eigenvalue weighted by Gasteiger charge is 2.22. The first-order chi connectivity index (χ1) is 8.88. The molecule has 1 amide bonds. The first kappa shape index (κ1) is 14.3. The van der Waals surface area contributed by atoms with Gasteiger partial charge in [0.1, 0.15) is 0 Å². The summed E-state index contributed by atoms with van der Waals surface area (Å²) in [6.07, 6.45) is 3.44. The van der Waals surface area contributed by atoms with Crippen molar-refractivity contribution in [2.24, 2.45) is 5.92 Å². The summed E-state index contributed by atoms with van der Waals surface area (Å²) in [7, 11) is 1.44. The van der Waals surface area contributed by atoms with Crippen molar-refractivity contribution in [1.82, 2.24) is 5.32 Å². The molecular formula is C13H16ClNO3S. The Hall–Kier alpha value is -1.07. The molecule has 19 heavy (non-hydrogen) atoms. The van der Waals surface area contributed by atoms with Gasteiger partial charge in [-0.25, -0.2) is 8.42 Å². The van der Waals surface area contributed by atoms with Crippen LogP contribution >= 0.6 is 10.7 Å². The second kappa shape index (κ2) is 5.51. The van der Waals surface area contributed by atoms with Gasteiger partial charge in [0, 0.05) is 17.2 Å². The molecule has 1 aliphatic rings. The van der Waals surface area contributed by atoms with Gasteiger partial charge in [-0.3, -0.25) is 4.79 Å². The molecule has 0 bridgehead atoms. The van der Waals surface area contributed by atoms with Crippen molar-refractivity contribution >= 4 is 25.6 Å². The lowest BCUT2D eigenvalue weighted by molar-refractivity contribution is 0.0935. The molecule has 1 fully saturated rings. The van der Waals surface area contributed by atoms with Crippen LogP contribution in [0.4, 0.5) is 0 Å². The fourth-order valence-corrected chi connectivity index (χ4v) is 3.11. The molecule has 104 valence electrons. The fraction of sp³-hybridized carbons (Fsp3) is 0.462. The van der Waals surface area contributed by atoms with E-state index in [1.165, 1.54) is 12.5 Å². The van der Waals surface area contributed by atoms with Crippen LogP contribution in [0.15, 0.2) is 23.1 Å². The molecule has 0 radical (unpaired) electrons. The van der Waals surface area contributed by atoms with E-state index in [0.717, 1.165) is 18.4 Å².